The van der Waals surface area contributed by atoms with Crippen molar-refractivity contribution in [1.29, 1.82) is 0 Å². The molecule has 1 atom stereocenters. The number of nitrogens with zero attached hydrogens (tertiary/aromatic N) is 1. The largest absolute Gasteiger partial charge is 0.390 e. The van der Waals surface area contributed by atoms with Gasteiger partial charge in [-0.25, -0.2) is 18.2 Å². The van der Waals surface area contributed by atoms with Gasteiger partial charge < -0.3 is 15.6 Å². The molecule has 0 bridgehead atoms. The van der Waals surface area contributed by atoms with Crippen molar-refractivity contribution in [2.45, 2.75) is 17.9 Å². The minimum Gasteiger partial charge on any atom is -0.390 e. The van der Waals surface area contributed by atoms with Crippen LogP contribution in [0.5, 0.6) is 0 Å². The second-order valence-electron chi connectivity index (χ2n) is 4.04. The molecule has 0 aliphatic carbocycles. The predicted octanol–water partition coefficient (Wildman–Crippen LogP) is 1.80. The number of pyridine rings is 1. The van der Waals surface area contributed by atoms with Crippen molar-refractivity contribution < 1.29 is 23.0 Å². The lowest BCUT2D eigenvalue weighted by molar-refractivity contribution is -0.123. The molecular weight excluding hydrogens is 329 g/mol. The number of rotatable bonds is 6. The Labute approximate surface area is 116 Å². The Morgan fingerprint density at radius 3 is 2.63 bits per heavy atom. The third-order valence-corrected chi connectivity index (χ3v) is 3.23. The van der Waals surface area contributed by atoms with E-state index in [4.69, 9.17) is 15.6 Å². The van der Waals surface area contributed by atoms with E-state index in [1.807, 2.05) is 0 Å². The van der Waals surface area contributed by atoms with Crippen LogP contribution in [0.4, 0.5) is 13.2 Å². The predicted molar refractivity (Wildman–Crippen MR) is 66.3 cm³/mol. The average molecular weight is 343 g/mol. The van der Waals surface area contributed by atoms with Crippen LogP contribution in [0.1, 0.15) is 12.1 Å². The quantitative estimate of drug-likeness (QED) is 0.773. The monoisotopic (exact) mass is 342 g/mol. The molecule has 1 aromatic heterocycles. The number of aromatic nitrogens is 1. The molecule has 1 aromatic rings. The van der Waals surface area contributed by atoms with Gasteiger partial charge in [0.1, 0.15) is 28.3 Å². The lowest BCUT2D eigenvalue weighted by Gasteiger charge is -2.35. The van der Waals surface area contributed by atoms with Crippen LogP contribution < -0.4 is 5.73 Å². The van der Waals surface area contributed by atoms with Gasteiger partial charge in [0.05, 0.1) is 0 Å². The van der Waals surface area contributed by atoms with Crippen molar-refractivity contribution in [2.75, 3.05) is 20.3 Å². The number of ether oxygens (including phenoxy) is 1. The van der Waals surface area contributed by atoms with Gasteiger partial charge in [0, 0.05) is 20.1 Å². The average Bonchev–Trinajstić information content (AvgIpc) is 2.38. The molecule has 108 valence electrons. The summed E-state index contributed by atoms with van der Waals surface area (Å²) in [5.74, 6) is -4.70. The summed E-state index contributed by atoms with van der Waals surface area (Å²) in [6.45, 7) is -1.64. The van der Waals surface area contributed by atoms with Gasteiger partial charge >= 0.3 is 0 Å². The Morgan fingerprint density at radius 1 is 1.47 bits per heavy atom. The van der Waals surface area contributed by atoms with Crippen LogP contribution in [-0.2, 0) is 10.3 Å². The van der Waals surface area contributed by atoms with E-state index in [1.54, 1.807) is 0 Å². The van der Waals surface area contributed by atoms with Crippen molar-refractivity contribution in [1.82, 2.24) is 4.98 Å². The molecule has 0 saturated carbocycles. The standard InChI is InChI=1S/C11H14BrF3N2O2/c1-19-5-4-10(16,11(14,15)6-18)9-7(13)2-3-8(12)17-9/h2-3,18H,4-6,16H2,1H3/t10-/m1/s1. The Bertz CT molecular complexity index is 448. The van der Waals surface area contributed by atoms with Crippen LogP contribution >= 0.6 is 15.9 Å². The summed E-state index contributed by atoms with van der Waals surface area (Å²) in [5.41, 5.74) is 2.58. The summed E-state index contributed by atoms with van der Waals surface area (Å²) in [5, 5.41) is 8.82. The zero-order valence-corrected chi connectivity index (χ0v) is 11.8. The van der Waals surface area contributed by atoms with Crippen molar-refractivity contribution in [3.8, 4) is 0 Å². The van der Waals surface area contributed by atoms with E-state index in [0.717, 1.165) is 6.07 Å². The Morgan fingerprint density at radius 2 is 2.11 bits per heavy atom. The summed E-state index contributed by atoms with van der Waals surface area (Å²) in [4.78, 5) is 3.68. The van der Waals surface area contributed by atoms with E-state index in [9.17, 15) is 13.2 Å². The summed E-state index contributed by atoms with van der Waals surface area (Å²) >= 11 is 2.97. The maximum Gasteiger partial charge on any atom is 0.294 e. The smallest absolute Gasteiger partial charge is 0.294 e. The Balaban J connectivity index is 3.34. The molecule has 0 aliphatic heterocycles. The van der Waals surface area contributed by atoms with Crippen molar-refractivity contribution in [3.05, 3.63) is 28.2 Å². The van der Waals surface area contributed by atoms with E-state index in [-0.39, 0.29) is 11.2 Å². The lowest BCUT2D eigenvalue weighted by atomic mass is 9.85. The molecule has 0 amide bonds. The van der Waals surface area contributed by atoms with Crippen LogP contribution in [0.15, 0.2) is 16.7 Å². The highest BCUT2D eigenvalue weighted by Gasteiger charge is 2.53. The molecule has 0 fully saturated rings. The number of aliphatic hydroxyl groups is 1. The molecule has 0 spiro atoms. The van der Waals surface area contributed by atoms with Crippen LogP contribution in [0.25, 0.3) is 0 Å². The Kier molecular flexibility index (Phi) is 5.31. The number of methoxy groups -OCH3 is 1. The SMILES string of the molecule is COCC[C@@](N)(c1nc(Br)ccc1F)C(F)(F)CO. The molecular formula is C11H14BrF3N2O2. The molecule has 19 heavy (non-hydrogen) atoms. The molecule has 0 aliphatic rings. The molecule has 1 heterocycles. The molecule has 0 aromatic carbocycles. The van der Waals surface area contributed by atoms with E-state index >= 15 is 0 Å². The molecule has 4 nitrogen and oxygen atoms in total. The minimum atomic E-state index is -3.74. The van der Waals surface area contributed by atoms with Gasteiger partial charge in [0.15, 0.2) is 0 Å². The van der Waals surface area contributed by atoms with E-state index in [1.165, 1.54) is 13.2 Å². The fraction of sp³-hybridized carbons (Fsp3) is 0.545. The van der Waals surface area contributed by atoms with Crippen molar-refractivity contribution in [3.63, 3.8) is 0 Å². The van der Waals surface area contributed by atoms with Gasteiger partial charge in [-0.3, -0.25) is 0 Å². The lowest BCUT2D eigenvalue weighted by Crippen LogP contribution is -2.56. The molecule has 1 rings (SSSR count). The summed E-state index contributed by atoms with van der Waals surface area (Å²) < 4.78 is 46.4. The summed E-state index contributed by atoms with van der Waals surface area (Å²) in [7, 11) is 1.31. The number of hydrogen-bond donors (Lipinski definition) is 2. The highest BCUT2D eigenvalue weighted by atomic mass is 79.9. The van der Waals surface area contributed by atoms with Crippen molar-refractivity contribution in [2.24, 2.45) is 5.73 Å². The van der Waals surface area contributed by atoms with E-state index in [0.29, 0.717) is 0 Å². The topological polar surface area (TPSA) is 68.4 Å². The highest BCUT2D eigenvalue weighted by Crippen LogP contribution is 2.38. The van der Waals surface area contributed by atoms with Crippen LogP contribution in [0, 0.1) is 5.82 Å². The van der Waals surface area contributed by atoms with Crippen molar-refractivity contribution >= 4 is 15.9 Å². The van der Waals surface area contributed by atoms with Gasteiger partial charge in [0.25, 0.3) is 5.92 Å². The van der Waals surface area contributed by atoms with Crippen LogP contribution in [0.3, 0.4) is 0 Å². The van der Waals surface area contributed by atoms with Gasteiger partial charge in [-0.1, -0.05) is 0 Å². The first-order valence-corrected chi connectivity index (χ1v) is 6.17. The fourth-order valence-electron chi connectivity index (χ4n) is 1.61. The molecule has 0 saturated heterocycles. The normalized spacial score (nSPS) is 15.3. The van der Waals surface area contributed by atoms with Gasteiger partial charge in [-0.15, -0.1) is 0 Å². The minimum absolute atomic E-state index is 0.125. The second-order valence-corrected chi connectivity index (χ2v) is 4.85. The number of alkyl halides is 2. The van der Waals surface area contributed by atoms with E-state index in [2.05, 4.69) is 20.9 Å². The van der Waals surface area contributed by atoms with Gasteiger partial charge in [-0.05, 0) is 28.1 Å². The first-order valence-electron chi connectivity index (χ1n) is 5.37. The third kappa shape index (κ3) is 3.25. The number of nitrogens with two attached hydrogens (primary N) is 1. The maximum atomic E-state index is 13.9. The number of halogens is 4. The molecule has 8 heteroatoms. The molecule has 0 radical (unpaired) electrons. The highest BCUT2D eigenvalue weighted by molar-refractivity contribution is 9.10. The maximum absolute atomic E-state index is 13.9. The first kappa shape index (κ1) is 16.4. The summed E-state index contributed by atoms with van der Waals surface area (Å²) in [6.07, 6.45) is -0.391. The van der Waals surface area contributed by atoms with Crippen LogP contribution in [-0.4, -0.2) is 36.3 Å². The third-order valence-electron chi connectivity index (χ3n) is 2.79. The number of aliphatic hydroxyl groups excluding tert-OH is 1. The molecule has 3 N–H and O–H groups in total. The first-order chi connectivity index (χ1) is 8.78. The zero-order chi connectivity index (χ0) is 14.7. The summed E-state index contributed by atoms with van der Waals surface area (Å²) in [6, 6.07) is 2.25. The zero-order valence-electron chi connectivity index (χ0n) is 10.2. The van der Waals surface area contributed by atoms with E-state index < -0.39 is 36.0 Å². The van der Waals surface area contributed by atoms with Crippen LogP contribution in [0.2, 0.25) is 0 Å². The molecule has 0 unspecified atom stereocenters. The number of hydrogen-bond acceptors (Lipinski definition) is 4. The second kappa shape index (κ2) is 6.17. The fourth-order valence-corrected chi connectivity index (χ4v) is 1.92. The van der Waals surface area contributed by atoms with Gasteiger partial charge in [-0.2, -0.15) is 0 Å². The van der Waals surface area contributed by atoms with Gasteiger partial charge in [0.2, 0.25) is 0 Å². The Hall–Kier alpha value is -0.700.